The number of hydrogen-bond donors (Lipinski definition) is 2. The molecule has 0 unspecified atom stereocenters. The molecule has 0 spiro atoms. The van der Waals surface area contributed by atoms with Crippen LogP contribution in [-0.2, 0) is 4.74 Å². The summed E-state index contributed by atoms with van der Waals surface area (Å²) in [6.07, 6.45) is -0.459. The number of nitrogens with one attached hydrogen (secondary N) is 1. The fourth-order valence-corrected chi connectivity index (χ4v) is 1.23. The van der Waals surface area contributed by atoms with Crippen molar-refractivity contribution in [3.63, 3.8) is 0 Å². The monoisotopic (exact) mass is 222 g/mol. The first-order chi connectivity index (χ1) is 5.83. The first-order valence-electron chi connectivity index (χ1n) is 3.49. The van der Waals surface area contributed by atoms with Crippen molar-refractivity contribution in [1.82, 2.24) is 0 Å². The lowest BCUT2D eigenvalue weighted by Crippen LogP contribution is -2.18. The second-order valence-corrected chi connectivity index (χ2v) is 2.84. The Morgan fingerprint density at radius 2 is 2.46 bits per heavy atom. The summed E-state index contributed by atoms with van der Waals surface area (Å²) in [6.45, 7) is 0.590. The third-order valence-electron chi connectivity index (χ3n) is 1.12. The molecule has 0 fully saturated rings. The number of halogens is 1. The maximum atomic E-state index is 10.9. The quantitative estimate of drug-likeness (QED) is 0.818. The summed E-state index contributed by atoms with van der Waals surface area (Å²) in [6, 6.07) is 1.80. The van der Waals surface area contributed by atoms with E-state index >= 15 is 0 Å². The van der Waals surface area contributed by atoms with Gasteiger partial charge in [-0.3, -0.25) is 5.32 Å². The second kappa shape index (κ2) is 6.71. The molecular formula is C7H11ClN2O2S. The van der Waals surface area contributed by atoms with E-state index in [4.69, 9.17) is 10.5 Å². The third-order valence-corrected chi connectivity index (χ3v) is 1.80. The molecule has 0 bridgehead atoms. The molecule has 0 aliphatic heterocycles. The molecule has 0 aliphatic carbocycles. The van der Waals surface area contributed by atoms with E-state index in [0.29, 0.717) is 6.54 Å². The average Bonchev–Trinajstić information content (AvgIpc) is 2.53. The van der Waals surface area contributed by atoms with Crippen LogP contribution in [0, 0.1) is 0 Å². The molecule has 1 heterocycles. The standard InChI is InChI=1S/C7H10N2O2S.ClH/c8-2-3-11-7(10)9-6-1-4-12-5-6;/h1,4-5H,2-3,8H2,(H,9,10);1H. The van der Waals surface area contributed by atoms with Crippen LogP contribution < -0.4 is 11.1 Å². The summed E-state index contributed by atoms with van der Waals surface area (Å²) in [5, 5.41) is 6.25. The van der Waals surface area contributed by atoms with E-state index in [1.54, 1.807) is 6.07 Å². The molecular weight excluding hydrogens is 212 g/mol. The van der Waals surface area contributed by atoms with E-state index in [1.165, 1.54) is 11.3 Å². The molecule has 4 nitrogen and oxygen atoms in total. The second-order valence-electron chi connectivity index (χ2n) is 2.06. The summed E-state index contributed by atoms with van der Waals surface area (Å²) in [5.74, 6) is 0. The molecule has 0 saturated carbocycles. The highest BCUT2D eigenvalue weighted by Gasteiger charge is 2.00. The highest BCUT2D eigenvalue weighted by molar-refractivity contribution is 7.08. The van der Waals surface area contributed by atoms with Crippen molar-refractivity contribution in [2.24, 2.45) is 5.73 Å². The lowest BCUT2D eigenvalue weighted by atomic mass is 10.5. The third kappa shape index (κ3) is 4.72. The summed E-state index contributed by atoms with van der Waals surface area (Å²) in [5.41, 5.74) is 5.90. The number of amides is 1. The minimum Gasteiger partial charge on any atom is -0.448 e. The van der Waals surface area contributed by atoms with Crippen molar-refractivity contribution in [2.75, 3.05) is 18.5 Å². The lowest BCUT2D eigenvalue weighted by Gasteiger charge is -2.02. The predicted octanol–water partition coefficient (Wildman–Crippen LogP) is 1.68. The molecule has 0 aromatic carbocycles. The Balaban J connectivity index is 0.00000144. The van der Waals surface area contributed by atoms with E-state index in [-0.39, 0.29) is 19.0 Å². The number of hydrogen-bond acceptors (Lipinski definition) is 4. The molecule has 0 atom stereocenters. The Morgan fingerprint density at radius 1 is 1.69 bits per heavy atom. The highest BCUT2D eigenvalue weighted by Crippen LogP contribution is 2.11. The van der Waals surface area contributed by atoms with Gasteiger partial charge in [-0.1, -0.05) is 0 Å². The number of rotatable bonds is 3. The van der Waals surface area contributed by atoms with Gasteiger partial charge in [0.05, 0.1) is 5.69 Å². The van der Waals surface area contributed by atoms with Gasteiger partial charge in [-0.15, -0.1) is 12.4 Å². The van der Waals surface area contributed by atoms with Gasteiger partial charge in [0, 0.05) is 11.9 Å². The molecule has 6 heteroatoms. The molecule has 1 rings (SSSR count). The van der Waals surface area contributed by atoms with Crippen LogP contribution in [0.4, 0.5) is 10.5 Å². The van der Waals surface area contributed by atoms with Gasteiger partial charge in [-0.2, -0.15) is 11.3 Å². The zero-order valence-electron chi connectivity index (χ0n) is 6.86. The van der Waals surface area contributed by atoms with Crippen LogP contribution in [0.25, 0.3) is 0 Å². The molecule has 1 aromatic heterocycles. The predicted molar refractivity (Wildman–Crippen MR) is 55.6 cm³/mol. The van der Waals surface area contributed by atoms with Crippen molar-refractivity contribution >= 4 is 35.5 Å². The Hall–Kier alpha value is -0.780. The van der Waals surface area contributed by atoms with Gasteiger partial charge in [0.2, 0.25) is 0 Å². The van der Waals surface area contributed by atoms with Crippen molar-refractivity contribution in [3.05, 3.63) is 16.8 Å². The van der Waals surface area contributed by atoms with Gasteiger partial charge in [0.25, 0.3) is 0 Å². The number of thiophene rings is 1. The molecule has 0 radical (unpaired) electrons. The van der Waals surface area contributed by atoms with Gasteiger partial charge >= 0.3 is 6.09 Å². The molecule has 13 heavy (non-hydrogen) atoms. The zero-order valence-corrected chi connectivity index (χ0v) is 8.49. The highest BCUT2D eigenvalue weighted by atomic mass is 35.5. The summed E-state index contributed by atoms with van der Waals surface area (Å²) >= 11 is 1.51. The van der Waals surface area contributed by atoms with Crippen LogP contribution in [-0.4, -0.2) is 19.2 Å². The Bertz CT molecular complexity index is 241. The fourth-order valence-electron chi connectivity index (χ4n) is 0.641. The first kappa shape index (κ1) is 12.2. The van der Waals surface area contributed by atoms with Crippen LogP contribution >= 0.6 is 23.7 Å². The fraction of sp³-hybridized carbons (Fsp3) is 0.286. The molecule has 0 saturated heterocycles. The van der Waals surface area contributed by atoms with Crippen LogP contribution in [0.5, 0.6) is 0 Å². The van der Waals surface area contributed by atoms with Gasteiger partial charge in [0.1, 0.15) is 6.61 Å². The number of anilines is 1. The maximum Gasteiger partial charge on any atom is 0.411 e. The zero-order chi connectivity index (χ0) is 8.81. The molecule has 74 valence electrons. The summed E-state index contributed by atoms with van der Waals surface area (Å²) in [7, 11) is 0. The van der Waals surface area contributed by atoms with E-state index in [1.807, 2.05) is 10.8 Å². The minimum absolute atomic E-state index is 0. The number of nitrogens with two attached hydrogens (primary N) is 1. The maximum absolute atomic E-state index is 10.9. The van der Waals surface area contributed by atoms with Gasteiger partial charge in [-0.05, 0) is 11.4 Å². The normalized spacial score (nSPS) is 8.69. The number of carbonyl (C=O) groups is 1. The van der Waals surface area contributed by atoms with Crippen molar-refractivity contribution in [3.8, 4) is 0 Å². The molecule has 1 aromatic rings. The SMILES string of the molecule is Cl.NCCOC(=O)Nc1ccsc1. The van der Waals surface area contributed by atoms with Crippen molar-refractivity contribution < 1.29 is 9.53 Å². The van der Waals surface area contributed by atoms with Crippen molar-refractivity contribution in [2.45, 2.75) is 0 Å². The van der Waals surface area contributed by atoms with Crippen LogP contribution in [0.3, 0.4) is 0 Å². The topological polar surface area (TPSA) is 64.3 Å². The molecule has 3 N–H and O–H groups in total. The number of ether oxygens (including phenoxy) is 1. The molecule has 0 aliphatic rings. The van der Waals surface area contributed by atoms with Crippen LogP contribution in [0.1, 0.15) is 0 Å². The summed E-state index contributed by atoms with van der Waals surface area (Å²) < 4.78 is 4.69. The lowest BCUT2D eigenvalue weighted by molar-refractivity contribution is 0.165. The minimum atomic E-state index is -0.459. The summed E-state index contributed by atoms with van der Waals surface area (Å²) in [4.78, 5) is 10.9. The number of carbonyl (C=O) groups excluding carboxylic acids is 1. The van der Waals surface area contributed by atoms with E-state index in [9.17, 15) is 4.79 Å². The Morgan fingerprint density at radius 3 is 3.00 bits per heavy atom. The smallest absolute Gasteiger partial charge is 0.411 e. The van der Waals surface area contributed by atoms with Crippen LogP contribution in [0.2, 0.25) is 0 Å². The van der Waals surface area contributed by atoms with E-state index in [0.717, 1.165) is 5.69 Å². The van der Waals surface area contributed by atoms with Gasteiger partial charge < -0.3 is 10.5 Å². The molecule has 1 amide bonds. The largest absolute Gasteiger partial charge is 0.448 e. The van der Waals surface area contributed by atoms with Crippen LogP contribution in [0.15, 0.2) is 16.8 Å². The van der Waals surface area contributed by atoms with Gasteiger partial charge in [-0.25, -0.2) is 4.79 Å². The van der Waals surface area contributed by atoms with Crippen molar-refractivity contribution in [1.29, 1.82) is 0 Å². The average molecular weight is 223 g/mol. The Labute approximate surface area is 86.5 Å². The Kier molecular flexibility index (Phi) is 6.30. The van der Waals surface area contributed by atoms with Gasteiger partial charge in [0.15, 0.2) is 0 Å². The van der Waals surface area contributed by atoms with E-state index in [2.05, 4.69) is 5.32 Å². The van der Waals surface area contributed by atoms with E-state index < -0.39 is 6.09 Å². The first-order valence-corrected chi connectivity index (χ1v) is 4.43.